The van der Waals surface area contributed by atoms with Crippen LogP contribution in [-0.4, -0.2) is 43.2 Å². The molecule has 3 rings (SSSR count). The molecule has 0 saturated heterocycles. The Kier molecular flexibility index (Phi) is 10.6. The average molecular weight is 531 g/mol. The molecule has 0 unspecified atom stereocenters. The van der Waals surface area contributed by atoms with Crippen LogP contribution in [0.4, 0.5) is 29.5 Å². The normalized spacial score (nSPS) is 11.1. The molecule has 10 heteroatoms. The molecule has 2 aromatic carbocycles. The highest BCUT2D eigenvalue weighted by atomic mass is 19.4. The molecule has 0 bridgehead atoms. The van der Waals surface area contributed by atoms with Gasteiger partial charge in [0.25, 0.3) is 0 Å². The number of amides is 2. The zero-order valence-electron chi connectivity index (χ0n) is 21.6. The summed E-state index contributed by atoms with van der Waals surface area (Å²) in [4.78, 5) is 19.0. The number of aromatic nitrogens is 1. The number of alkyl halides is 3. The van der Waals surface area contributed by atoms with Gasteiger partial charge in [-0.25, -0.2) is 9.78 Å². The fourth-order valence-corrected chi connectivity index (χ4v) is 3.89. The smallest absolute Gasteiger partial charge is 0.416 e. The lowest BCUT2D eigenvalue weighted by atomic mass is 10.1. The molecule has 2 amide bonds. The van der Waals surface area contributed by atoms with Gasteiger partial charge in [-0.2, -0.15) is 13.2 Å². The van der Waals surface area contributed by atoms with Gasteiger partial charge in [-0.05, 0) is 60.9 Å². The Morgan fingerprint density at radius 3 is 2.42 bits per heavy atom. The molecule has 38 heavy (non-hydrogen) atoms. The number of benzene rings is 2. The number of unbranched alkanes of at least 4 members (excludes halogenated alkanes) is 3. The number of pyridine rings is 1. The first kappa shape index (κ1) is 28.6. The fourth-order valence-electron chi connectivity index (χ4n) is 3.89. The third-order valence-electron chi connectivity index (χ3n) is 5.88. The molecular formula is C28H33F3N4O3. The predicted octanol–water partition coefficient (Wildman–Crippen LogP) is 6.82. The summed E-state index contributed by atoms with van der Waals surface area (Å²) in [5.41, 5.74) is 0.0742. The molecule has 7 nitrogen and oxygen atoms in total. The standard InChI is InChI=1S/C28H33F3N4O3/c1-37-24-14-13-21(18-25(24)38-2)20-35(17-8-4-3-6-15-32-26-12-5-7-16-33-26)27(36)34-23-11-9-10-22(19-23)28(29,30)31/h5,7,9-14,16,18-19H,3-4,6,8,15,17,20H2,1-2H3,(H,32,33)(H,34,36). The number of nitrogens with zero attached hydrogens (tertiary/aromatic N) is 2. The molecule has 0 aliphatic carbocycles. The molecule has 204 valence electrons. The molecular weight excluding hydrogens is 497 g/mol. The van der Waals surface area contributed by atoms with Crippen molar-refractivity contribution in [3.05, 3.63) is 78.0 Å². The van der Waals surface area contributed by atoms with Crippen molar-refractivity contribution in [2.45, 2.75) is 38.4 Å². The average Bonchev–Trinajstić information content (AvgIpc) is 2.92. The molecule has 0 fully saturated rings. The van der Waals surface area contributed by atoms with Crippen LogP contribution in [0.3, 0.4) is 0 Å². The number of rotatable bonds is 13. The summed E-state index contributed by atoms with van der Waals surface area (Å²) in [6, 6.07) is 15.2. The maximum absolute atomic E-state index is 13.1. The van der Waals surface area contributed by atoms with Crippen LogP contribution in [0.1, 0.15) is 36.8 Å². The van der Waals surface area contributed by atoms with Gasteiger partial charge in [0, 0.05) is 31.5 Å². The minimum atomic E-state index is -4.49. The van der Waals surface area contributed by atoms with Gasteiger partial charge in [-0.15, -0.1) is 0 Å². The molecule has 3 aromatic rings. The monoisotopic (exact) mass is 530 g/mol. The number of methoxy groups -OCH3 is 2. The van der Waals surface area contributed by atoms with Crippen molar-refractivity contribution in [1.82, 2.24) is 9.88 Å². The SMILES string of the molecule is COc1ccc(CN(CCCCCCNc2ccccn2)C(=O)Nc2cccc(C(F)(F)F)c2)cc1OC. The first-order chi connectivity index (χ1) is 18.3. The van der Waals surface area contributed by atoms with Crippen LogP contribution >= 0.6 is 0 Å². The van der Waals surface area contributed by atoms with E-state index in [2.05, 4.69) is 15.6 Å². The van der Waals surface area contributed by atoms with E-state index in [1.165, 1.54) is 26.4 Å². The van der Waals surface area contributed by atoms with Gasteiger partial charge in [0.2, 0.25) is 0 Å². The molecule has 0 aliphatic rings. The Morgan fingerprint density at radius 1 is 0.921 bits per heavy atom. The van der Waals surface area contributed by atoms with Crippen LogP contribution in [0.2, 0.25) is 0 Å². The van der Waals surface area contributed by atoms with Crippen LogP contribution in [0.15, 0.2) is 66.9 Å². The minimum absolute atomic E-state index is 0.0859. The minimum Gasteiger partial charge on any atom is -0.493 e. The van der Waals surface area contributed by atoms with Crippen molar-refractivity contribution in [2.24, 2.45) is 0 Å². The van der Waals surface area contributed by atoms with E-state index in [0.29, 0.717) is 18.0 Å². The lowest BCUT2D eigenvalue weighted by Crippen LogP contribution is -2.35. The summed E-state index contributed by atoms with van der Waals surface area (Å²) in [5, 5.41) is 5.89. The second kappa shape index (κ2) is 14.1. The second-order valence-corrected chi connectivity index (χ2v) is 8.68. The number of hydrogen-bond acceptors (Lipinski definition) is 5. The third kappa shape index (κ3) is 8.86. The van der Waals surface area contributed by atoms with Crippen LogP contribution < -0.4 is 20.1 Å². The number of ether oxygens (including phenoxy) is 2. The summed E-state index contributed by atoms with van der Waals surface area (Å²) in [6.07, 6.45) is 0.781. The van der Waals surface area contributed by atoms with E-state index in [9.17, 15) is 18.0 Å². The summed E-state index contributed by atoms with van der Waals surface area (Å²) in [6.45, 7) is 1.49. The van der Waals surface area contributed by atoms with E-state index in [0.717, 1.165) is 55.7 Å². The van der Waals surface area contributed by atoms with E-state index >= 15 is 0 Å². The van der Waals surface area contributed by atoms with Gasteiger partial charge in [0.05, 0.1) is 19.8 Å². The van der Waals surface area contributed by atoms with Gasteiger partial charge in [-0.3, -0.25) is 0 Å². The van der Waals surface area contributed by atoms with Crippen molar-refractivity contribution in [3.63, 3.8) is 0 Å². The predicted molar refractivity (Wildman–Crippen MR) is 142 cm³/mol. The quantitative estimate of drug-likeness (QED) is 0.237. The molecule has 0 radical (unpaired) electrons. The molecule has 1 aromatic heterocycles. The first-order valence-corrected chi connectivity index (χ1v) is 12.4. The molecule has 0 spiro atoms. The number of anilines is 2. The zero-order valence-corrected chi connectivity index (χ0v) is 21.6. The number of nitrogens with one attached hydrogen (secondary N) is 2. The third-order valence-corrected chi connectivity index (χ3v) is 5.88. The molecule has 2 N–H and O–H groups in total. The van der Waals surface area contributed by atoms with E-state index in [4.69, 9.17) is 9.47 Å². The second-order valence-electron chi connectivity index (χ2n) is 8.68. The first-order valence-electron chi connectivity index (χ1n) is 12.4. The van der Waals surface area contributed by atoms with Gasteiger partial charge < -0.3 is 25.0 Å². The molecule has 1 heterocycles. The summed E-state index contributed by atoms with van der Waals surface area (Å²) in [5.74, 6) is 1.93. The van der Waals surface area contributed by atoms with Crippen LogP contribution in [0.25, 0.3) is 0 Å². The molecule has 0 atom stereocenters. The van der Waals surface area contributed by atoms with Crippen molar-refractivity contribution >= 4 is 17.5 Å². The van der Waals surface area contributed by atoms with Crippen LogP contribution in [-0.2, 0) is 12.7 Å². The lowest BCUT2D eigenvalue weighted by Gasteiger charge is -2.24. The van der Waals surface area contributed by atoms with Crippen molar-refractivity contribution in [2.75, 3.05) is 37.9 Å². The summed E-state index contributed by atoms with van der Waals surface area (Å²) >= 11 is 0. The maximum Gasteiger partial charge on any atom is 0.416 e. The fraction of sp³-hybridized carbons (Fsp3) is 0.357. The van der Waals surface area contributed by atoms with Gasteiger partial charge >= 0.3 is 12.2 Å². The van der Waals surface area contributed by atoms with Crippen molar-refractivity contribution < 1.29 is 27.4 Å². The highest BCUT2D eigenvalue weighted by Gasteiger charge is 2.30. The lowest BCUT2D eigenvalue weighted by molar-refractivity contribution is -0.137. The maximum atomic E-state index is 13.1. The van der Waals surface area contributed by atoms with Crippen molar-refractivity contribution in [3.8, 4) is 11.5 Å². The molecule has 0 saturated carbocycles. The number of urea groups is 1. The Balaban J connectivity index is 1.60. The highest BCUT2D eigenvalue weighted by Crippen LogP contribution is 2.31. The van der Waals surface area contributed by atoms with Crippen molar-refractivity contribution in [1.29, 1.82) is 0 Å². The number of halogens is 3. The Bertz CT molecular complexity index is 1160. The van der Waals surface area contributed by atoms with E-state index in [1.54, 1.807) is 23.2 Å². The number of carbonyl (C=O) groups is 1. The Hall–Kier alpha value is -3.95. The number of carbonyl (C=O) groups excluding carboxylic acids is 1. The van der Waals surface area contributed by atoms with E-state index in [-0.39, 0.29) is 12.2 Å². The summed E-state index contributed by atoms with van der Waals surface area (Å²) in [7, 11) is 3.07. The van der Waals surface area contributed by atoms with Gasteiger partial charge in [0.1, 0.15) is 5.82 Å². The highest BCUT2D eigenvalue weighted by molar-refractivity contribution is 5.89. The molecule has 0 aliphatic heterocycles. The summed E-state index contributed by atoms with van der Waals surface area (Å²) < 4.78 is 50.0. The Labute approximate surface area is 221 Å². The van der Waals surface area contributed by atoms with Crippen LogP contribution in [0.5, 0.6) is 11.5 Å². The van der Waals surface area contributed by atoms with Crippen LogP contribution in [0, 0.1) is 0 Å². The number of hydrogen-bond donors (Lipinski definition) is 2. The van der Waals surface area contributed by atoms with E-state index < -0.39 is 17.8 Å². The van der Waals surface area contributed by atoms with Gasteiger partial charge in [0.15, 0.2) is 11.5 Å². The largest absolute Gasteiger partial charge is 0.493 e. The zero-order chi connectivity index (χ0) is 27.4. The topological polar surface area (TPSA) is 75.7 Å². The van der Waals surface area contributed by atoms with E-state index in [1.807, 2.05) is 24.3 Å². The Morgan fingerprint density at radius 2 is 1.71 bits per heavy atom. The van der Waals surface area contributed by atoms with Gasteiger partial charge in [-0.1, -0.05) is 31.0 Å².